The number of piperidine rings is 1. The predicted octanol–water partition coefficient (Wildman–Crippen LogP) is 4.42. The minimum atomic E-state index is -0.0749. The first-order valence-electron chi connectivity index (χ1n) is 10.2. The van der Waals surface area contributed by atoms with Crippen LogP contribution in [0.1, 0.15) is 56.7 Å². The van der Waals surface area contributed by atoms with Crippen molar-refractivity contribution in [1.82, 2.24) is 10.2 Å². The van der Waals surface area contributed by atoms with Crippen molar-refractivity contribution < 1.29 is 9.59 Å². The van der Waals surface area contributed by atoms with Crippen LogP contribution in [0, 0.1) is 19.8 Å². The maximum atomic E-state index is 13.2. The van der Waals surface area contributed by atoms with E-state index < -0.39 is 0 Å². The van der Waals surface area contributed by atoms with Crippen molar-refractivity contribution in [2.75, 3.05) is 26.7 Å². The Hall–Kier alpha value is -2.17. The number of carbonyl (C=O) groups is 2. The van der Waals surface area contributed by atoms with Gasteiger partial charge >= 0.3 is 0 Å². The van der Waals surface area contributed by atoms with Gasteiger partial charge in [0.15, 0.2) is 5.78 Å². The van der Waals surface area contributed by atoms with E-state index >= 15 is 0 Å². The van der Waals surface area contributed by atoms with Crippen LogP contribution in [-0.2, 0) is 0 Å². The molecule has 1 N–H and O–H groups in total. The summed E-state index contributed by atoms with van der Waals surface area (Å²) in [4.78, 5) is 28.3. The number of nitrogens with one attached hydrogen (secondary N) is 1. The molecule has 156 valence electrons. The molecule has 0 unspecified atom stereocenters. The Morgan fingerprint density at radius 3 is 2.31 bits per heavy atom. The van der Waals surface area contributed by atoms with Crippen LogP contribution < -0.4 is 5.32 Å². The Bertz CT molecular complexity index is 858. The van der Waals surface area contributed by atoms with E-state index in [9.17, 15) is 9.59 Å². The molecule has 5 heteroatoms. The monoisotopic (exact) mass is 414 g/mol. The molecule has 2 aromatic carbocycles. The zero-order valence-corrected chi connectivity index (χ0v) is 18.3. The van der Waals surface area contributed by atoms with Gasteiger partial charge < -0.3 is 10.2 Å². The van der Waals surface area contributed by atoms with Crippen molar-refractivity contribution in [1.29, 1.82) is 0 Å². The molecule has 1 amide bonds. The van der Waals surface area contributed by atoms with Gasteiger partial charge in [0.1, 0.15) is 0 Å². The first-order chi connectivity index (χ1) is 13.5. The third-order valence-electron chi connectivity index (χ3n) is 5.74. The van der Waals surface area contributed by atoms with E-state index in [0.717, 1.165) is 50.0 Å². The molecule has 2 aromatic rings. The summed E-state index contributed by atoms with van der Waals surface area (Å²) in [5, 5.41) is 3.20. The van der Waals surface area contributed by atoms with Crippen molar-refractivity contribution in [2.24, 2.45) is 5.92 Å². The van der Waals surface area contributed by atoms with E-state index in [2.05, 4.69) is 5.32 Å². The molecule has 1 aliphatic heterocycles. The second-order valence-corrected chi connectivity index (χ2v) is 7.82. The van der Waals surface area contributed by atoms with E-state index in [1.165, 1.54) is 0 Å². The van der Waals surface area contributed by atoms with E-state index in [-0.39, 0.29) is 24.1 Å². The predicted molar refractivity (Wildman–Crippen MR) is 120 cm³/mol. The summed E-state index contributed by atoms with van der Waals surface area (Å²) in [6.45, 7) is 6.46. The molecule has 1 aliphatic rings. The highest BCUT2D eigenvalue weighted by molar-refractivity contribution is 6.16. The fourth-order valence-electron chi connectivity index (χ4n) is 3.94. The van der Waals surface area contributed by atoms with Crippen LogP contribution >= 0.6 is 12.4 Å². The smallest absolute Gasteiger partial charge is 0.254 e. The zero-order chi connectivity index (χ0) is 20.1. The molecule has 1 saturated heterocycles. The van der Waals surface area contributed by atoms with Crippen LogP contribution in [0.3, 0.4) is 0 Å². The second-order valence-electron chi connectivity index (χ2n) is 7.82. The van der Waals surface area contributed by atoms with Crippen LogP contribution in [0.4, 0.5) is 0 Å². The standard InChI is InChI=1S/C24H30N2O2.ClH/c1-17-8-9-18(2)22(16-17)23(27)20-6-4-5-7-21(20)24(28)26-14-11-19(12-15-26)10-13-25-3;/h4-9,16,19,25H,10-15H2,1-3H3;1H. The average molecular weight is 415 g/mol. The van der Waals surface area contributed by atoms with Gasteiger partial charge in [0.25, 0.3) is 5.91 Å². The largest absolute Gasteiger partial charge is 0.339 e. The summed E-state index contributed by atoms with van der Waals surface area (Å²) >= 11 is 0. The van der Waals surface area contributed by atoms with Crippen LogP contribution in [-0.4, -0.2) is 43.3 Å². The van der Waals surface area contributed by atoms with Gasteiger partial charge in [-0.15, -0.1) is 12.4 Å². The van der Waals surface area contributed by atoms with Crippen LogP contribution in [0.5, 0.6) is 0 Å². The van der Waals surface area contributed by atoms with E-state index in [1.54, 1.807) is 12.1 Å². The first kappa shape index (κ1) is 23.1. The number of likely N-dealkylation sites (tertiary alicyclic amines) is 1. The molecule has 0 bridgehead atoms. The first-order valence-corrected chi connectivity index (χ1v) is 10.2. The molecule has 3 rings (SSSR count). The quantitative estimate of drug-likeness (QED) is 0.712. The summed E-state index contributed by atoms with van der Waals surface area (Å²) in [7, 11) is 1.97. The van der Waals surface area contributed by atoms with Crippen LogP contribution in [0.25, 0.3) is 0 Å². The number of hydrogen-bond acceptors (Lipinski definition) is 3. The number of rotatable bonds is 6. The highest BCUT2D eigenvalue weighted by atomic mass is 35.5. The minimum absolute atomic E-state index is 0. The fraction of sp³-hybridized carbons (Fsp3) is 0.417. The number of amides is 1. The Morgan fingerprint density at radius 2 is 1.66 bits per heavy atom. The van der Waals surface area contributed by atoms with E-state index in [1.807, 2.05) is 56.1 Å². The molecule has 0 spiro atoms. The molecule has 4 nitrogen and oxygen atoms in total. The molecular formula is C24H31ClN2O2. The normalized spacial score (nSPS) is 14.4. The lowest BCUT2D eigenvalue weighted by Gasteiger charge is -2.32. The van der Waals surface area contributed by atoms with Gasteiger partial charge in [-0.05, 0) is 70.3 Å². The Labute approximate surface area is 180 Å². The third kappa shape index (κ3) is 5.46. The van der Waals surface area contributed by atoms with Crippen molar-refractivity contribution in [3.05, 3.63) is 70.3 Å². The van der Waals surface area contributed by atoms with Gasteiger partial charge in [-0.3, -0.25) is 9.59 Å². The molecule has 0 radical (unpaired) electrons. The van der Waals surface area contributed by atoms with E-state index in [4.69, 9.17) is 0 Å². The Balaban J connectivity index is 0.00000300. The van der Waals surface area contributed by atoms with Crippen LogP contribution in [0.15, 0.2) is 42.5 Å². The third-order valence-corrected chi connectivity index (χ3v) is 5.74. The van der Waals surface area contributed by atoms with Gasteiger partial charge in [-0.25, -0.2) is 0 Å². The maximum Gasteiger partial charge on any atom is 0.254 e. The highest BCUT2D eigenvalue weighted by Gasteiger charge is 2.26. The summed E-state index contributed by atoms with van der Waals surface area (Å²) < 4.78 is 0. The SMILES string of the molecule is CNCCC1CCN(C(=O)c2ccccc2C(=O)c2cc(C)ccc2C)CC1.Cl. The summed E-state index contributed by atoms with van der Waals surface area (Å²) in [6, 6.07) is 13.1. The minimum Gasteiger partial charge on any atom is -0.339 e. The summed E-state index contributed by atoms with van der Waals surface area (Å²) in [5.41, 5.74) is 3.66. The van der Waals surface area contributed by atoms with Crippen molar-refractivity contribution >= 4 is 24.1 Å². The topological polar surface area (TPSA) is 49.4 Å². The molecular weight excluding hydrogens is 384 g/mol. The molecule has 0 aliphatic carbocycles. The van der Waals surface area contributed by atoms with Crippen molar-refractivity contribution in [2.45, 2.75) is 33.1 Å². The molecule has 0 atom stereocenters. The van der Waals surface area contributed by atoms with Crippen molar-refractivity contribution in [3.8, 4) is 0 Å². The van der Waals surface area contributed by atoms with Gasteiger partial charge in [-0.1, -0.05) is 35.9 Å². The number of halogens is 1. The Morgan fingerprint density at radius 1 is 1.00 bits per heavy atom. The lowest BCUT2D eigenvalue weighted by Crippen LogP contribution is -2.39. The maximum absolute atomic E-state index is 13.2. The zero-order valence-electron chi connectivity index (χ0n) is 17.5. The Kier molecular flexibility index (Phi) is 8.42. The average Bonchev–Trinajstić information content (AvgIpc) is 2.73. The molecule has 1 heterocycles. The lowest BCUT2D eigenvalue weighted by molar-refractivity contribution is 0.0683. The van der Waals surface area contributed by atoms with E-state index in [0.29, 0.717) is 22.6 Å². The van der Waals surface area contributed by atoms with Gasteiger partial charge in [-0.2, -0.15) is 0 Å². The lowest BCUT2D eigenvalue weighted by atomic mass is 9.91. The fourth-order valence-corrected chi connectivity index (χ4v) is 3.94. The molecule has 0 saturated carbocycles. The van der Waals surface area contributed by atoms with Crippen molar-refractivity contribution in [3.63, 3.8) is 0 Å². The summed E-state index contributed by atoms with van der Waals surface area (Å²) in [6.07, 6.45) is 3.21. The number of ketones is 1. The van der Waals surface area contributed by atoms with Gasteiger partial charge in [0.05, 0.1) is 5.56 Å². The number of aryl methyl sites for hydroxylation is 2. The second kappa shape index (κ2) is 10.6. The summed E-state index contributed by atoms with van der Waals surface area (Å²) in [5.74, 6) is 0.568. The van der Waals surface area contributed by atoms with Gasteiger partial charge in [0.2, 0.25) is 0 Å². The van der Waals surface area contributed by atoms with Gasteiger partial charge in [0, 0.05) is 24.2 Å². The number of hydrogen-bond donors (Lipinski definition) is 1. The highest BCUT2D eigenvalue weighted by Crippen LogP contribution is 2.24. The number of carbonyl (C=O) groups excluding carboxylic acids is 2. The molecule has 29 heavy (non-hydrogen) atoms. The number of benzene rings is 2. The van der Waals surface area contributed by atoms with Crippen LogP contribution in [0.2, 0.25) is 0 Å². The number of nitrogens with zero attached hydrogens (tertiary/aromatic N) is 1. The molecule has 0 aromatic heterocycles. The molecule has 1 fully saturated rings.